The van der Waals surface area contributed by atoms with Crippen LogP contribution < -0.4 is 10.6 Å². The highest BCUT2D eigenvalue weighted by atomic mass is 19.1. The van der Waals surface area contributed by atoms with Crippen molar-refractivity contribution >= 4 is 11.7 Å². The second-order valence-electron chi connectivity index (χ2n) is 5.22. The first kappa shape index (κ1) is 16.6. The van der Waals surface area contributed by atoms with E-state index in [4.69, 9.17) is 0 Å². The van der Waals surface area contributed by atoms with E-state index in [0.717, 1.165) is 0 Å². The third-order valence-electron chi connectivity index (χ3n) is 3.47. The van der Waals surface area contributed by atoms with Crippen LogP contribution in [0.15, 0.2) is 54.9 Å². The first-order valence-corrected chi connectivity index (χ1v) is 7.57. The maximum atomic E-state index is 13.9. The van der Waals surface area contributed by atoms with Crippen LogP contribution in [0.2, 0.25) is 0 Å². The Morgan fingerprint density at radius 1 is 1.12 bits per heavy atom. The zero-order valence-corrected chi connectivity index (χ0v) is 13.1. The molecule has 2 aromatic carbocycles. The number of urea groups is 1. The molecule has 3 aromatic rings. The van der Waals surface area contributed by atoms with Gasteiger partial charge >= 0.3 is 6.03 Å². The summed E-state index contributed by atoms with van der Waals surface area (Å²) in [6.07, 6.45) is 3.24. The minimum atomic E-state index is -0.658. The van der Waals surface area contributed by atoms with Gasteiger partial charge in [-0.05, 0) is 29.8 Å². The van der Waals surface area contributed by atoms with Gasteiger partial charge in [0, 0.05) is 18.4 Å². The molecule has 0 bridgehead atoms. The Kier molecular flexibility index (Phi) is 4.98. The van der Waals surface area contributed by atoms with Crippen LogP contribution in [0.4, 0.5) is 19.3 Å². The molecule has 0 saturated heterocycles. The molecule has 0 spiro atoms. The van der Waals surface area contributed by atoms with E-state index in [1.54, 1.807) is 35.3 Å². The van der Waals surface area contributed by atoms with E-state index in [1.165, 1.54) is 24.3 Å². The largest absolute Gasteiger partial charge is 0.336 e. The summed E-state index contributed by atoms with van der Waals surface area (Å²) in [7, 11) is 0. The van der Waals surface area contributed by atoms with Gasteiger partial charge in [-0.15, -0.1) is 5.10 Å². The van der Waals surface area contributed by atoms with E-state index in [2.05, 4.69) is 20.9 Å². The second-order valence-corrected chi connectivity index (χ2v) is 5.22. The normalized spacial score (nSPS) is 10.5. The lowest BCUT2D eigenvalue weighted by Crippen LogP contribution is -2.31. The Labute approximate surface area is 142 Å². The third kappa shape index (κ3) is 4.17. The molecule has 0 atom stereocenters. The summed E-state index contributed by atoms with van der Waals surface area (Å²) >= 11 is 0. The smallest absolute Gasteiger partial charge is 0.319 e. The van der Waals surface area contributed by atoms with Crippen LogP contribution in [0.1, 0.15) is 0 Å². The number of anilines is 1. The number of rotatable bonds is 5. The molecule has 1 heterocycles. The van der Waals surface area contributed by atoms with Gasteiger partial charge in [0.1, 0.15) is 11.6 Å². The summed E-state index contributed by atoms with van der Waals surface area (Å²) in [5.74, 6) is -1.32. The number of benzene rings is 2. The molecule has 0 aliphatic heterocycles. The Hall–Kier alpha value is -3.29. The van der Waals surface area contributed by atoms with E-state index < -0.39 is 17.7 Å². The SMILES string of the molecule is O=C(NCCn1ccnn1)Nc1cccc(-c2c(F)cccc2F)c1. The maximum absolute atomic E-state index is 13.9. The van der Waals surface area contributed by atoms with Crippen LogP contribution in [0.3, 0.4) is 0 Å². The average Bonchev–Trinajstić information content (AvgIpc) is 3.08. The van der Waals surface area contributed by atoms with Crippen LogP contribution in [-0.4, -0.2) is 27.6 Å². The summed E-state index contributed by atoms with van der Waals surface area (Å²) in [5, 5.41) is 12.7. The molecule has 0 saturated carbocycles. The highest BCUT2D eigenvalue weighted by Gasteiger charge is 2.11. The Balaban J connectivity index is 1.64. The molecular weight excluding hydrogens is 328 g/mol. The van der Waals surface area contributed by atoms with Crippen molar-refractivity contribution in [2.24, 2.45) is 0 Å². The maximum Gasteiger partial charge on any atom is 0.319 e. The van der Waals surface area contributed by atoms with Gasteiger partial charge < -0.3 is 10.6 Å². The molecule has 6 nitrogen and oxygen atoms in total. The fourth-order valence-electron chi connectivity index (χ4n) is 2.34. The van der Waals surface area contributed by atoms with Crippen molar-refractivity contribution in [3.63, 3.8) is 0 Å². The van der Waals surface area contributed by atoms with Crippen LogP contribution in [0.25, 0.3) is 11.1 Å². The number of carbonyl (C=O) groups is 1. The lowest BCUT2D eigenvalue weighted by atomic mass is 10.0. The molecule has 3 rings (SSSR count). The number of hydrogen-bond donors (Lipinski definition) is 2. The fourth-order valence-corrected chi connectivity index (χ4v) is 2.34. The molecule has 2 amide bonds. The molecule has 2 N–H and O–H groups in total. The van der Waals surface area contributed by atoms with Crippen molar-refractivity contribution in [2.45, 2.75) is 6.54 Å². The van der Waals surface area contributed by atoms with Crippen molar-refractivity contribution in [1.82, 2.24) is 20.3 Å². The highest BCUT2D eigenvalue weighted by Crippen LogP contribution is 2.27. The Morgan fingerprint density at radius 2 is 1.88 bits per heavy atom. The minimum Gasteiger partial charge on any atom is -0.336 e. The van der Waals surface area contributed by atoms with Gasteiger partial charge in [-0.25, -0.2) is 13.6 Å². The van der Waals surface area contributed by atoms with Crippen LogP contribution in [0.5, 0.6) is 0 Å². The van der Waals surface area contributed by atoms with Crippen molar-refractivity contribution in [2.75, 3.05) is 11.9 Å². The number of hydrogen-bond acceptors (Lipinski definition) is 3. The number of nitrogens with one attached hydrogen (secondary N) is 2. The summed E-state index contributed by atoms with van der Waals surface area (Å²) in [6, 6.07) is 9.61. The number of halogens is 2. The third-order valence-corrected chi connectivity index (χ3v) is 3.47. The van der Waals surface area contributed by atoms with Gasteiger partial charge in [-0.2, -0.15) is 0 Å². The van der Waals surface area contributed by atoms with E-state index in [1.807, 2.05) is 0 Å². The van der Waals surface area contributed by atoms with Crippen LogP contribution >= 0.6 is 0 Å². The summed E-state index contributed by atoms with van der Waals surface area (Å²) in [4.78, 5) is 11.9. The van der Waals surface area contributed by atoms with E-state index in [9.17, 15) is 13.6 Å². The first-order valence-electron chi connectivity index (χ1n) is 7.57. The van der Waals surface area contributed by atoms with Gasteiger partial charge in [0.05, 0.1) is 18.3 Å². The quantitative estimate of drug-likeness (QED) is 0.748. The number of amides is 2. The molecule has 25 heavy (non-hydrogen) atoms. The molecule has 0 radical (unpaired) electrons. The number of nitrogens with zero attached hydrogens (tertiary/aromatic N) is 3. The van der Waals surface area contributed by atoms with Gasteiger partial charge in [0.25, 0.3) is 0 Å². The fraction of sp³-hybridized carbons (Fsp3) is 0.118. The molecule has 0 aliphatic rings. The average molecular weight is 343 g/mol. The summed E-state index contributed by atoms with van der Waals surface area (Å²) in [6.45, 7) is 0.838. The van der Waals surface area contributed by atoms with Crippen LogP contribution in [0, 0.1) is 11.6 Å². The molecule has 0 unspecified atom stereocenters. The standard InChI is InChI=1S/C17H15F2N5O/c18-14-5-2-6-15(19)16(14)12-3-1-4-13(11-12)22-17(25)20-7-9-24-10-8-21-23-24/h1-6,8,10-11H,7,9H2,(H2,20,22,25). The van der Waals surface area contributed by atoms with Crippen LogP contribution in [-0.2, 0) is 6.54 Å². The van der Waals surface area contributed by atoms with Gasteiger partial charge in [0.2, 0.25) is 0 Å². The predicted molar refractivity (Wildman–Crippen MR) is 88.8 cm³/mol. The highest BCUT2D eigenvalue weighted by molar-refractivity contribution is 5.90. The molecule has 1 aromatic heterocycles. The number of aromatic nitrogens is 3. The van der Waals surface area contributed by atoms with Crippen molar-refractivity contribution < 1.29 is 13.6 Å². The summed E-state index contributed by atoms with van der Waals surface area (Å²) in [5.41, 5.74) is 0.646. The van der Waals surface area contributed by atoms with Gasteiger partial charge in [-0.1, -0.05) is 23.4 Å². The van der Waals surface area contributed by atoms with Crippen molar-refractivity contribution in [1.29, 1.82) is 0 Å². The number of carbonyl (C=O) groups excluding carboxylic acids is 1. The molecule has 128 valence electrons. The summed E-state index contributed by atoms with van der Waals surface area (Å²) < 4.78 is 29.3. The molecular formula is C17H15F2N5O. The van der Waals surface area contributed by atoms with Crippen molar-refractivity contribution in [3.8, 4) is 11.1 Å². The predicted octanol–water partition coefficient (Wildman–Crippen LogP) is 3.05. The first-order chi connectivity index (χ1) is 12.1. The Morgan fingerprint density at radius 3 is 2.60 bits per heavy atom. The lowest BCUT2D eigenvalue weighted by molar-refractivity contribution is 0.251. The second kappa shape index (κ2) is 7.52. The molecule has 0 fully saturated rings. The lowest BCUT2D eigenvalue weighted by Gasteiger charge is -2.10. The van der Waals surface area contributed by atoms with E-state index in [-0.39, 0.29) is 5.56 Å². The van der Waals surface area contributed by atoms with Crippen molar-refractivity contribution in [3.05, 3.63) is 66.5 Å². The Bertz CT molecular complexity index is 847. The zero-order valence-electron chi connectivity index (χ0n) is 13.1. The van der Waals surface area contributed by atoms with E-state index >= 15 is 0 Å². The van der Waals surface area contributed by atoms with Gasteiger partial charge in [0.15, 0.2) is 0 Å². The topological polar surface area (TPSA) is 71.8 Å². The molecule has 0 aliphatic carbocycles. The van der Waals surface area contributed by atoms with E-state index in [0.29, 0.717) is 24.3 Å². The molecule has 8 heteroatoms. The van der Waals surface area contributed by atoms with Gasteiger partial charge in [-0.3, -0.25) is 4.68 Å². The minimum absolute atomic E-state index is 0.127. The monoisotopic (exact) mass is 343 g/mol. The zero-order chi connectivity index (χ0) is 17.6.